The summed E-state index contributed by atoms with van der Waals surface area (Å²) in [6.07, 6.45) is 5.31. The van der Waals surface area contributed by atoms with Crippen molar-refractivity contribution in [1.82, 2.24) is 0 Å². The summed E-state index contributed by atoms with van der Waals surface area (Å²) in [5, 5.41) is 0. The molecule has 0 fully saturated rings. The fourth-order valence-corrected chi connectivity index (χ4v) is 2.04. The number of hydrogen-bond donors (Lipinski definition) is 0. The Labute approximate surface area is 75.1 Å². The van der Waals surface area contributed by atoms with Crippen LogP contribution in [0.15, 0.2) is 0 Å². The van der Waals surface area contributed by atoms with E-state index in [9.17, 15) is 0 Å². The van der Waals surface area contributed by atoms with Crippen molar-refractivity contribution in [3.05, 3.63) is 9.75 Å². The molecule has 2 nitrogen and oxygen atoms in total. The number of aryl methyl sites for hydroxylation is 1. The predicted molar refractivity (Wildman–Crippen MR) is 48.0 cm³/mol. The third-order valence-corrected chi connectivity index (χ3v) is 2.69. The van der Waals surface area contributed by atoms with Crippen LogP contribution in [0.25, 0.3) is 0 Å². The summed E-state index contributed by atoms with van der Waals surface area (Å²) in [6.45, 7) is 3.20. The first-order chi connectivity index (χ1) is 5.83. The maximum atomic E-state index is 5.43. The van der Waals surface area contributed by atoms with E-state index >= 15 is 0 Å². The van der Waals surface area contributed by atoms with E-state index in [0.29, 0.717) is 13.2 Å². The van der Waals surface area contributed by atoms with Gasteiger partial charge in [0, 0.05) is 4.88 Å². The summed E-state index contributed by atoms with van der Waals surface area (Å²) < 4.78 is 10.8. The molecule has 0 atom stereocenters. The maximum absolute atomic E-state index is 5.43. The summed E-state index contributed by atoms with van der Waals surface area (Å²) in [5.74, 6) is 4.18. The highest BCUT2D eigenvalue weighted by atomic mass is 32.1. The molecule has 1 aromatic rings. The van der Waals surface area contributed by atoms with Crippen molar-refractivity contribution < 1.29 is 9.47 Å². The molecule has 0 radical (unpaired) electrons. The van der Waals surface area contributed by atoms with E-state index in [2.05, 4.69) is 5.92 Å². The lowest BCUT2D eigenvalue weighted by Crippen LogP contribution is -2.14. The molecule has 3 heteroatoms. The molecule has 0 aromatic carbocycles. The van der Waals surface area contributed by atoms with Gasteiger partial charge in [0.15, 0.2) is 11.5 Å². The number of fused-ring (bicyclic) bond motifs is 1. The molecule has 0 saturated heterocycles. The van der Waals surface area contributed by atoms with Gasteiger partial charge < -0.3 is 9.47 Å². The maximum Gasteiger partial charge on any atom is 0.188 e. The second kappa shape index (κ2) is 2.72. The molecule has 0 amide bonds. The first-order valence-electron chi connectivity index (χ1n) is 3.68. The number of terminal acetylenes is 1. The SMILES string of the molecule is C#Cc1sc(C)c2c1OCCO2. The standard InChI is InChI=1S/C9H8O2S/c1-3-7-9-8(6(2)12-7)10-4-5-11-9/h1H,4-5H2,2H3. The quantitative estimate of drug-likeness (QED) is 0.567. The molecule has 1 aliphatic rings. The van der Waals surface area contributed by atoms with Gasteiger partial charge in [-0.15, -0.1) is 17.8 Å². The van der Waals surface area contributed by atoms with Crippen LogP contribution in [0.1, 0.15) is 9.75 Å². The van der Waals surface area contributed by atoms with Gasteiger partial charge in [-0.2, -0.15) is 0 Å². The molecule has 0 saturated carbocycles. The van der Waals surface area contributed by atoms with Crippen molar-refractivity contribution in [1.29, 1.82) is 0 Å². The van der Waals surface area contributed by atoms with Gasteiger partial charge in [-0.3, -0.25) is 0 Å². The fourth-order valence-electron chi connectivity index (χ4n) is 1.19. The first kappa shape index (κ1) is 7.51. The lowest BCUT2D eigenvalue weighted by Gasteiger charge is -2.15. The Kier molecular flexibility index (Phi) is 1.70. The van der Waals surface area contributed by atoms with Crippen LogP contribution in [0.5, 0.6) is 11.5 Å². The van der Waals surface area contributed by atoms with Crippen LogP contribution in [-0.2, 0) is 0 Å². The van der Waals surface area contributed by atoms with Gasteiger partial charge in [-0.1, -0.05) is 5.92 Å². The number of thiophene rings is 1. The topological polar surface area (TPSA) is 18.5 Å². The van der Waals surface area contributed by atoms with Crippen molar-refractivity contribution in [2.45, 2.75) is 6.92 Å². The Balaban J connectivity index is 2.56. The summed E-state index contributed by atoms with van der Waals surface area (Å²) in [5.41, 5.74) is 0. The molecule has 2 rings (SSSR count). The average molecular weight is 180 g/mol. The van der Waals surface area contributed by atoms with E-state index < -0.39 is 0 Å². The average Bonchev–Trinajstić information content (AvgIpc) is 2.44. The molecule has 0 aliphatic carbocycles. The van der Waals surface area contributed by atoms with Crippen molar-refractivity contribution in [2.75, 3.05) is 13.2 Å². The van der Waals surface area contributed by atoms with Gasteiger partial charge in [0.2, 0.25) is 0 Å². The molecular weight excluding hydrogens is 172 g/mol. The first-order valence-corrected chi connectivity index (χ1v) is 4.50. The zero-order chi connectivity index (χ0) is 8.55. The third kappa shape index (κ3) is 0.961. The smallest absolute Gasteiger partial charge is 0.188 e. The molecule has 1 aromatic heterocycles. The highest BCUT2D eigenvalue weighted by Gasteiger charge is 2.20. The number of hydrogen-bond acceptors (Lipinski definition) is 3. The Morgan fingerprint density at radius 2 is 2.00 bits per heavy atom. The number of ether oxygens (including phenoxy) is 2. The highest BCUT2D eigenvalue weighted by molar-refractivity contribution is 7.13. The minimum absolute atomic E-state index is 0.595. The highest BCUT2D eigenvalue weighted by Crippen LogP contribution is 2.42. The van der Waals surface area contributed by atoms with Crippen molar-refractivity contribution in [3.8, 4) is 23.8 Å². The van der Waals surface area contributed by atoms with Crippen LogP contribution in [0.2, 0.25) is 0 Å². The molecule has 0 bridgehead atoms. The van der Waals surface area contributed by atoms with E-state index in [-0.39, 0.29) is 0 Å². The largest absolute Gasteiger partial charge is 0.485 e. The van der Waals surface area contributed by atoms with E-state index in [4.69, 9.17) is 15.9 Å². The Bertz CT molecular complexity index is 346. The zero-order valence-corrected chi connectivity index (χ0v) is 7.53. The van der Waals surface area contributed by atoms with E-state index in [0.717, 1.165) is 21.3 Å². The van der Waals surface area contributed by atoms with Crippen molar-refractivity contribution in [3.63, 3.8) is 0 Å². The monoisotopic (exact) mass is 180 g/mol. The number of rotatable bonds is 0. The van der Waals surface area contributed by atoms with Gasteiger partial charge in [0.25, 0.3) is 0 Å². The van der Waals surface area contributed by atoms with Gasteiger partial charge in [-0.25, -0.2) is 0 Å². The molecule has 62 valence electrons. The van der Waals surface area contributed by atoms with Crippen molar-refractivity contribution in [2.24, 2.45) is 0 Å². The van der Waals surface area contributed by atoms with Gasteiger partial charge >= 0.3 is 0 Å². The summed E-state index contributed by atoms with van der Waals surface area (Å²) >= 11 is 1.54. The van der Waals surface area contributed by atoms with Gasteiger partial charge in [-0.05, 0) is 6.92 Å². The Morgan fingerprint density at radius 1 is 1.33 bits per heavy atom. The van der Waals surface area contributed by atoms with Gasteiger partial charge in [0.1, 0.15) is 18.1 Å². The Morgan fingerprint density at radius 3 is 2.67 bits per heavy atom. The lowest BCUT2D eigenvalue weighted by molar-refractivity contribution is 0.172. The second-order valence-corrected chi connectivity index (χ2v) is 3.71. The second-order valence-electron chi connectivity index (χ2n) is 2.49. The fraction of sp³-hybridized carbons (Fsp3) is 0.333. The molecular formula is C9H8O2S. The summed E-state index contributed by atoms with van der Waals surface area (Å²) in [7, 11) is 0. The zero-order valence-electron chi connectivity index (χ0n) is 6.72. The molecule has 0 spiro atoms. The van der Waals surface area contributed by atoms with Crippen LogP contribution >= 0.6 is 11.3 Å². The lowest BCUT2D eigenvalue weighted by atomic mass is 10.3. The minimum atomic E-state index is 0.595. The Hall–Kier alpha value is -1.14. The van der Waals surface area contributed by atoms with Crippen LogP contribution in [0.4, 0.5) is 0 Å². The molecule has 0 N–H and O–H groups in total. The molecule has 12 heavy (non-hydrogen) atoms. The molecule has 1 aliphatic heterocycles. The summed E-state index contributed by atoms with van der Waals surface area (Å²) in [4.78, 5) is 1.93. The van der Waals surface area contributed by atoms with E-state index in [1.165, 1.54) is 0 Å². The summed E-state index contributed by atoms with van der Waals surface area (Å²) in [6, 6.07) is 0. The normalized spacial score (nSPS) is 14.0. The van der Waals surface area contributed by atoms with E-state index in [1.807, 2.05) is 6.92 Å². The molecule has 2 heterocycles. The van der Waals surface area contributed by atoms with Crippen LogP contribution < -0.4 is 9.47 Å². The third-order valence-electron chi connectivity index (χ3n) is 1.69. The molecule has 0 unspecified atom stereocenters. The van der Waals surface area contributed by atoms with Crippen LogP contribution in [0, 0.1) is 19.3 Å². The van der Waals surface area contributed by atoms with E-state index in [1.54, 1.807) is 11.3 Å². The van der Waals surface area contributed by atoms with Crippen molar-refractivity contribution >= 4 is 11.3 Å². The van der Waals surface area contributed by atoms with Crippen LogP contribution in [-0.4, -0.2) is 13.2 Å². The predicted octanol–water partition coefficient (Wildman–Crippen LogP) is 1.81. The van der Waals surface area contributed by atoms with Crippen LogP contribution in [0.3, 0.4) is 0 Å². The minimum Gasteiger partial charge on any atom is -0.485 e. The van der Waals surface area contributed by atoms with Gasteiger partial charge in [0.05, 0.1) is 0 Å².